The maximum atomic E-state index is 9.01. The number of likely N-dealkylation sites (N-methyl/N-ethyl adjacent to an activating group) is 2. The summed E-state index contributed by atoms with van der Waals surface area (Å²) in [5, 5.41) is 36.1. The lowest BCUT2D eigenvalue weighted by molar-refractivity contribution is 0.143. The first kappa shape index (κ1) is 24.7. The maximum absolute atomic E-state index is 9.01. The zero-order valence-electron chi connectivity index (χ0n) is 16.2. The highest BCUT2D eigenvalue weighted by molar-refractivity contribution is 4.63. The van der Waals surface area contributed by atoms with Crippen LogP contribution >= 0.6 is 0 Å². The van der Waals surface area contributed by atoms with Gasteiger partial charge in [0, 0.05) is 52.4 Å². The van der Waals surface area contributed by atoms with Gasteiger partial charge >= 0.3 is 0 Å². The van der Waals surface area contributed by atoms with Gasteiger partial charge in [0.2, 0.25) is 0 Å². The van der Waals surface area contributed by atoms with Crippen LogP contribution in [0.3, 0.4) is 0 Å². The molecule has 0 atom stereocenters. The Labute approximate surface area is 153 Å². The van der Waals surface area contributed by atoms with Crippen LogP contribution in [-0.4, -0.2) is 146 Å². The van der Waals surface area contributed by atoms with Crippen molar-refractivity contribution >= 4 is 0 Å². The van der Waals surface area contributed by atoms with E-state index in [0.29, 0.717) is 26.2 Å². The second kappa shape index (κ2) is 17.1. The predicted molar refractivity (Wildman–Crippen MR) is 101 cm³/mol. The van der Waals surface area contributed by atoms with Crippen molar-refractivity contribution in [3.05, 3.63) is 0 Å². The minimum Gasteiger partial charge on any atom is -0.395 e. The molecule has 0 fully saturated rings. The van der Waals surface area contributed by atoms with E-state index in [1.54, 1.807) is 0 Å². The lowest BCUT2D eigenvalue weighted by Gasteiger charge is -2.26. The monoisotopic (exact) mass is 364 g/mol. The second-order valence-corrected chi connectivity index (χ2v) is 6.54. The van der Waals surface area contributed by atoms with E-state index in [-0.39, 0.29) is 26.4 Å². The van der Waals surface area contributed by atoms with E-state index in [4.69, 9.17) is 20.4 Å². The summed E-state index contributed by atoms with van der Waals surface area (Å²) in [4.78, 5) is 8.69. The summed E-state index contributed by atoms with van der Waals surface area (Å²) in [7, 11) is 4.20. The van der Waals surface area contributed by atoms with Gasteiger partial charge in [-0.1, -0.05) is 0 Å². The van der Waals surface area contributed by atoms with Crippen LogP contribution in [0.2, 0.25) is 0 Å². The van der Waals surface area contributed by atoms with E-state index < -0.39 is 0 Å². The average molecular weight is 365 g/mol. The molecule has 0 unspecified atom stereocenters. The highest BCUT2D eigenvalue weighted by Crippen LogP contribution is 1.95. The van der Waals surface area contributed by atoms with E-state index >= 15 is 0 Å². The Kier molecular flexibility index (Phi) is 16.9. The van der Waals surface area contributed by atoms with Crippen molar-refractivity contribution in [3.8, 4) is 0 Å². The second-order valence-electron chi connectivity index (χ2n) is 6.54. The molecule has 8 nitrogen and oxygen atoms in total. The molecule has 0 aliphatic heterocycles. The van der Waals surface area contributed by atoms with Crippen LogP contribution < -0.4 is 0 Å². The molecule has 0 radical (unpaired) electrons. The van der Waals surface area contributed by atoms with Crippen LogP contribution in [0.15, 0.2) is 0 Å². The van der Waals surface area contributed by atoms with Crippen molar-refractivity contribution in [1.29, 1.82) is 0 Å². The van der Waals surface area contributed by atoms with Gasteiger partial charge in [-0.05, 0) is 33.6 Å². The van der Waals surface area contributed by atoms with E-state index in [9.17, 15) is 0 Å². The molecule has 0 saturated carbocycles. The maximum Gasteiger partial charge on any atom is 0.0558 e. The number of nitrogens with zero attached hydrogens (tertiary/aromatic N) is 4. The van der Waals surface area contributed by atoms with E-state index in [0.717, 1.165) is 45.7 Å². The summed E-state index contributed by atoms with van der Waals surface area (Å²) in [6.45, 7) is 8.48. The number of hydrogen-bond acceptors (Lipinski definition) is 8. The standard InChI is InChI=1S/C17H40N4O4/c1-18(6-8-20(10-14-22)11-15-23)4-3-5-19(2)7-9-21(12-16-24)13-17-25/h22-25H,3-17H2,1-2H3. The third-order valence-electron chi connectivity index (χ3n) is 4.34. The molecule has 0 aromatic carbocycles. The van der Waals surface area contributed by atoms with Gasteiger partial charge in [0.25, 0.3) is 0 Å². The fourth-order valence-corrected chi connectivity index (χ4v) is 2.69. The Bertz CT molecular complexity index is 249. The van der Waals surface area contributed by atoms with Crippen LogP contribution in [0.25, 0.3) is 0 Å². The fraction of sp³-hybridized carbons (Fsp3) is 1.00. The van der Waals surface area contributed by atoms with Gasteiger partial charge < -0.3 is 30.2 Å². The SMILES string of the molecule is CN(CCCN(C)CCN(CCO)CCO)CCN(CCO)CCO. The van der Waals surface area contributed by atoms with Gasteiger partial charge in [-0.2, -0.15) is 0 Å². The summed E-state index contributed by atoms with van der Waals surface area (Å²) in [6.07, 6.45) is 1.08. The lowest BCUT2D eigenvalue weighted by Crippen LogP contribution is -2.38. The minimum absolute atomic E-state index is 0.123. The van der Waals surface area contributed by atoms with Crippen LogP contribution in [0.4, 0.5) is 0 Å². The molecular weight excluding hydrogens is 324 g/mol. The first-order valence-corrected chi connectivity index (χ1v) is 9.32. The Balaban J connectivity index is 3.81. The van der Waals surface area contributed by atoms with E-state index in [2.05, 4.69) is 33.7 Å². The minimum atomic E-state index is 0.123. The van der Waals surface area contributed by atoms with Crippen LogP contribution in [0.5, 0.6) is 0 Å². The average Bonchev–Trinajstić information content (AvgIpc) is 2.58. The largest absolute Gasteiger partial charge is 0.395 e. The molecule has 25 heavy (non-hydrogen) atoms. The summed E-state index contributed by atoms with van der Waals surface area (Å²) < 4.78 is 0. The van der Waals surface area contributed by atoms with Gasteiger partial charge in [0.1, 0.15) is 0 Å². The Morgan fingerprint density at radius 2 is 0.760 bits per heavy atom. The van der Waals surface area contributed by atoms with E-state index in [1.165, 1.54) is 0 Å². The normalized spacial score (nSPS) is 12.2. The van der Waals surface area contributed by atoms with Gasteiger partial charge in [0.05, 0.1) is 26.4 Å². The topological polar surface area (TPSA) is 93.9 Å². The van der Waals surface area contributed by atoms with Crippen molar-refractivity contribution in [3.63, 3.8) is 0 Å². The van der Waals surface area contributed by atoms with Crippen LogP contribution in [-0.2, 0) is 0 Å². The van der Waals surface area contributed by atoms with Gasteiger partial charge in [-0.3, -0.25) is 9.80 Å². The number of aliphatic hydroxyl groups excluding tert-OH is 4. The molecule has 8 heteroatoms. The first-order valence-electron chi connectivity index (χ1n) is 9.32. The van der Waals surface area contributed by atoms with Crippen molar-refractivity contribution < 1.29 is 20.4 Å². The van der Waals surface area contributed by atoms with Gasteiger partial charge in [-0.15, -0.1) is 0 Å². The molecule has 0 spiro atoms. The molecule has 0 amide bonds. The molecule has 152 valence electrons. The molecular formula is C17H40N4O4. The van der Waals surface area contributed by atoms with Crippen LogP contribution in [0.1, 0.15) is 6.42 Å². The van der Waals surface area contributed by atoms with Gasteiger partial charge in [0.15, 0.2) is 0 Å². The number of aliphatic hydroxyl groups is 4. The third-order valence-corrected chi connectivity index (χ3v) is 4.34. The van der Waals surface area contributed by atoms with Gasteiger partial charge in [-0.25, -0.2) is 0 Å². The fourth-order valence-electron chi connectivity index (χ4n) is 2.69. The highest BCUT2D eigenvalue weighted by atomic mass is 16.3. The molecule has 0 saturated heterocycles. The Morgan fingerprint density at radius 3 is 1.04 bits per heavy atom. The predicted octanol–water partition coefficient (Wildman–Crippen LogP) is -2.19. The molecule has 0 aliphatic carbocycles. The molecule has 0 bridgehead atoms. The molecule has 0 aromatic heterocycles. The molecule has 0 aliphatic rings. The number of hydrogen-bond donors (Lipinski definition) is 4. The van der Waals surface area contributed by atoms with Crippen molar-refractivity contribution in [2.75, 3.05) is 106 Å². The molecule has 0 aromatic rings. The number of rotatable bonds is 18. The Hall–Kier alpha value is -0.320. The third kappa shape index (κ3) is 14.5. The quantitative estimate of drug-likeness (QED) is 0.218. The zero-order chi connectivity index (χ0) is 18.9. The van der Waals surface area contributed by atoms with Crippen molar-refractivity contribution in [2.45, 2.75) is 6.42 Å². The summed E-state index contributed by atoms with van der Waals surface area (Å²) in [5.74, 6) is 0. The molecule has 0 heterocycles. The Morgan fingerprint density at radius 1 is 0.440 bits per heavy atom. The highest BCUT2D eigenvalue weighted by Gasteiger charge is 2.08. The smallest absolute Gasteiger partial charge is 0.0558 e. The summed E-state index contributed by atoms with van der Waals surface area (Å²) >= 11 is 0. The zero-order valence-corrected chi connectivity index (χ0v) is 16.2. The molecule has 4 N–H and O–H groups in total. The molecule has 0 rings (SSSR count). The van der Waals surface area contributed by atoms with Crippen molar-refractivity contribution in [2.24, 2.45) is 0 Å². The summed E-state index contributed by atoms with van der Waals surface area (Å²) in [5.41, 5.74) is 0. The summed E-state index contributed by atoms with van der Waals surface area (Å²) in [6, 6.07) is 0. The van der Waals surface area contributed by atoms with Crippen LogP contribution in [0, 0.1) is 0 Å². The first-order chi connectivity index (χ1) is 12.1. The lowest BCUT2D eigenvalue weighted by atomic mass is 10.3. The van der Waals surface area contributed by atoms with Crippen molar-refractivity contribution in [1.82, 2.24) is 19.6 Å². The van der Waals surface area contributed by atoms with E-state index in [1.807, 2.05) is 0 Å².